The van der Waals surface area contributed by atoms with E-state index >= 15 is 0 Å². The van der Waals surface area contributed by atoms with Gasteiger partial charge in [0.2, 0.25) is 5.91 Å². The molecule has 1 aromatic carbocycles. The van der Waals surface area contributed by atoms with Gasteiger partial charge in [-0.1, -0.05) is 18.2 Å². The molecule has 2 rings (SSSR count). The lowest BCUT2D eigenvalue weighted by Gasteiger charge is -2.21. The molecule has 0 saturated heterocycles. The number of likely N-dealkylation sites (N-methyl/N-ethyl adjacent to an activating group) is 1. The van der Waals surface area contributed by atoms with E-state index in [0.29, 0.717) is 13.0 Å². The zero-order chi connectivity index (χ0) is 15.2. The number of aliphatic carboxylic acids is 1. The highest BCUT2D eigenvalue weighted by molar-refractivity contribution is 5.79. The fourth-order valence-electron chi connectivity index (χ4n) is 2.87. The van der Waals surface area contributed by atoms with Crippen LogP contribution in [0.5, 0.6) is 0 Å². The highest BCUT2D eigenvalue weighted by Gasteiger charge is 2.15. The maximum Gasteiger partial charge on any atom is 0.305 e. The summed E-state index contributed by atoms with van der Waals surface area (Å²) in [7, 11) is 0. The summed E-state index contributed by atoms with van der Waals surface area (Å²) in [5, 5.41) is 8.72. The van der Waals surface area contributed by atoms with Gasteiger partial charge in [-0.2, -0.15) is 0 Å². The minimum absolute atomic E-state index is 0.00374. The number of benzene rings is 1. The van der Waals surface area contributed by atoms with Gasteiger partial charge >= 0.3 is 5.97 Å². The Kier molecular flexibility index (Phi) is 5.37. The van der Waals surface area contributed by atoms with Crippen molar-refractivity contribution in [2.45, 2.75) is 45.4 Å². The molecule has 0 aliphatic heterocycles. The third kappa shape index (κ3) is 4.31. The highest BCUT2D eigenvalue weighted by Crippen LogP contribution is 2.22. The smallest absolute Gasteiger partial charge is 0.305 e. The number of carboxylic acids is 1. The molecule has 4 nitrogen and oxygen atoms in total. The number of hydrogen-bond donors (Lipinski definition) is 1. The lowest BCUT2D eigenvalue weighted by Crippen LogP contribution is -2.34. The third-order valence-electron chi connectivity index (χ3n) is 4.10. The minimum atomic E-state index is -0.866. The van der Waals surface area contributed by atoms with Crippen molar-refractivity contribution in [2.24, 2.45) is 0 Å². The number of carbonyl (C=O) groups excluding carboxylic acids is 1. The number of fused-ring (bicyclic) bond motifs is 1. The quantitative estimate of drug-likeness (QED) is 0.875. The molecule has 1 aliphatic rings. The Hall–Kier alpha value is -1.84. The fraction of sp³-hybridized carbons (Fsp3) is 0.529. The summed E-state index contributed by atoms with van der Waals surface area (Å²) in [6.45, 7) is 2.72. The van der Waals surface area contributed by atoms with Crippen molar-refractivity contribution in [3.8, 4) is 0 Å². The van der Waals surface area contributed by atoms with Crippen molar-refractivity contribution < 1.29 is 14.7 Å². The van der Waals surface area contributed by atoms with Crippen molar-refractivity contribution in [1.29, 1.82) is 0 Å². The second-order valence-electron chi connectivity index (χ2n) is 5.60. The van der Waals surface area contributed by atoms with Crippen LogP contribution in [0.15, 0.2) is 18.2 Å². The average molecular weight is 289 g/mol. The van der Waals surface area contributed by atoms with E-state index in [0.717, 1.165) is 18.4 Å². The Bertz CT molecular complexity index is 525. The van der Waals surface area contributed by atoms with Crippen LogP contribution < -0.4 is 0 Å². The molecule has 1 aromatic rings. The van der Waals surface area contributed by atoms with Gasteiger partial charge in [0, 0.05) is 13.1 Å². The monoisotopic (exact) mass is 289 g/mol. The van der Waals surface area contributed by atoms with E-state index in [-0.39, 0.29) is 18.9 Å². The minimum Gasteiger partial charge on any atom is -0.481 e. The molecule has 1 N–H and O–H groups in total. The number of hydrogen-bond acceptors (Lipinski definition) is 2. The van der Waals surface area contributed by atoms with Crippen LogP contribution in [0.4, 0.5) is 0 Å². The Labute approximate surface area is 125 Å². The fourth-order valence-corrected chi connectivity index (χ4v) is 2.87. The normalized spacial score (nSPS) is 13.6. The lowest BCUT2D eigenvalue weighted by atomic mass is 9.90. The summed E-state index contributed by atoms with van der Waals surface area (Å²) in [4.78, 5) is 24.5. The number of nitrogens with zero attached hydrogens (tertiary/aromatic N) is 1. The van der Waals surface area contributed by atoms with Gasteiger partial charge in [0.1, 0.15) is 0 Å². The Morgan fingerprint density at radius 2 is 1.90 bits per heavy atom. The van der Waals surface area contributed by atoms with E-state index in [2.05, 4.69) is 12.1 Å². The maximum atomic E-state index is 12.3. The number of amides is 1. The van der Waals surface area contributed by atoms with Crippen LogP contribution in [0.1, 0.15) is 42.9 Å². The van der Waals surface area contributed by atoms with E-state index in [1.54, 1.807) is 4.90 Å². The predicted octanol–water partition coefficient (Wildman–Crippen LogP) is 2.43. The molecule has 0 radical (unpaired) electrons. The molecule has 1 aliphatic carbocycles. The number of carbonyl (C=O) groups is 2. The first-order chi connectivity index (χ1) is 10.1. The summed E-state index contributed by atoms with van der Waals surface area (Å²) < 4.78 is 0. The van der Waals surface area contributed by atoms with Crippen molar-refractivity contribution in [3.05, 3.63) is 34.9 Å². The van der Waals surface area contributed by atoms with E-state index in [9.17, 15) is 9.59 Å². The SMILES string of the molecule is CCN(CCC(=O)O)C(=O)Cc1ccc2c(c1)CCCC2. The summed E-state index contributed by atoms with van der Waals surface area (Å²) in [6, 6.07) is 6.33. The third-order valence-corrected chi connectivity index (χ3v) is 4.10. The van der Waals surface area contributed by atoms with Gasteiger partial charge in [0.15, 0.2) is 0 Å². The van der Waals surface area contributed by atoms with Gasteiger partial charge < -0.3 is 10.0 Å². The van der Waals surface area contributed by atoms with E-state index < -0.39 is 5.97 Å². The molecule has 0 bridgehead atoms. The highest BCUT2D eigenvalue weighted by atomic mass is 16.4. The van der Waals surface area contributed by atoms with Gasteiger partial charge in [-0.15, -0.1) is 0 Å². The molecule has 114 valence electrons. The molecule has 0 aromatic heterocycles. The largest absolute Gasteiger partial charge is 0.481 e. The summed E-state index contributed by atoms with van der Waals surface area (Å²) in [5.41, 5.74) is 3.82. The van der Waals surface area contributed by atoms with E-state index in [1.807, 2.05) is 13.0 Å². The molecular formula is C17H23NO3. The molecule has 0 heterocycles. The molecule has 21 heavy (non-hydrogen) atoms. The van der Waals surface area contributed by atoms with E-state index in [4.69, 9.17) is 5.11 Å². The Balaban J connectivity index is 1.99. The van der Waals surface area contributed by atoms with Crippen LogP contribution >= 0.6 is 0 Å². The number of rotatable bonds is 6. The standard InChI is InChI=1S/C17H23NO3/c1-2-18(10-9-17(20)21)16(19)12-13-7-8-14-5-3-4-6-15(14)11-13/h7-8,11H,2-6,9-10,12H2,1H3,(H,20,21). The van der Waals surface area contributed by atoms with Crippen LogP contribution in [0.3, 0.4) is 0 Å². The van der Waals surface area contributed by atoms with Gasteiger partial charge in [-0.05, 0) is 49.3 Å². The maximum absolute atomic E-state index is 12.3. The van der Waals surface area contributed by atoms with Crippen LogP contribution in [0.2, 0.25) is 0 Å². The molecular weight excluding hydrogens is 266 g/mol. The van der Waals surface area contributed by atoms with Gasteiger partial charge in [-0.3, -0.25) is 9.59 Å². The molecule has 4 heteroatoms. The first kappa shape index (κ1) is 15.5. The molecule has 0 fully saturated rings. The Morgan fingerprint density at radius 3 is 2.57 bits per heavy atom. The summed E-state index contributed by atoms with van der Waals surface area (Å²) >= 11 is 0. The first-order valence-corrected chi connectivity index (χ1v) is 7.70. The van der Waals surface area contributed by atoms with Crippen molar-refractivity contribution in [3.63, 3.8) is 0 Å². The van der Waals surface area contributed by atoms with Crippen molar-refractivity contribution >= 4 is 11.9 Å². The second-order valence-corrected chi connectivity index (χ2v) is 5.60. The van der Waals surface area contributed by atoms with Crippen molar-refractivity contribution in [2.75, 3.05) is 13.1 Å². The molecule has 0 spiro atoms. The van der Waals surface area contributed by atoms with Crippen LogP contribution in [0.25, 0.3) is 0 Å². The molecule has 1 amide bonds. The first-order valence-electron chi connectivity index (χ1n) is 7.70. The molecule has 0 saturated carbocycles. The van der Waals surface area contributed by atoms with Crippen LogP contribution in [-0.2, 0) is 28.9 Å². The second kappa shape index (κ2) is 7.25. The zero-order valence-corrected chi connectivity index (χ0v) is 12.6. The number of aryl methyl sites for hydroxylation is 2. The van der Waals surface area contributed by atoms with Gasteiger partial charge in [0.05, 0.1) is 12.8 Å². The van der Waals surface area contributed by atoms with Gasteiger partial charge in [0.25, 0.3) is 0 Å². The zero-order valence-electron chi connectivity index (χ0n) is 12.6. The lowest BCUT2D eigenvalue weighted by molar-refractivity contribution is -0.138. The summed E-state index contributed by atoms with van der Waals surface area (Å²) in [6.07, 6.45) is 5.09. The van der Waals surface area contributed by atoms with Crippen LogP contribution in [-0.4, -0.2) is 35.0 Å². The van der Waals surface area contributed by atoms with Crippen molar-refractivity contribution in [1.82, 2.24) is 4.90 Å². The van der Waals surface area contributed by atoms with Gasteiger partial charge in [-0.25, -0.2) is 0 Å². The topological polar surface area (TPSA) is 57.6 Å². The van der Waals surface area contributed by atoms with Crippen LogP contribution in [0, 0.1) is 0 Å². The predicted molar refractivity (Wildman–Crippen MR) is 81.3 cm³/mol. The average Bonchev–Trinajstić information content (AvgIpc) is 2.47. The van der Waals surface area contributed by atoms with E-state index in [1.165, 1.54) is 24.0 Å². The molecule has 0 unspecified atom stereocenters. The molecule has 0 atom stereocenters. The summed E-state index contributed by atoms with van der Waals surface area (Å²) in [5.74, 6) is -0.857. The Morgan fingerprint density at radius 1 is 1.19 bits per heavy atom. The number of carboxylic acid groups (broad SMARTS) is 1.